The molecule has 0 bridgehead atoms. The molecule has 1 aromatic heterocycles. The molecule has 1 aromatic rings. The normalized spacial score (nSPS) is 14.0. The highest BCUT2D eigenvalue weighted by Crippen LogP contribution is 2.20. The molecule has 1 aliphatic rings. The summed E-state index contributed by atoms with van der Waals surface area (Å²) in [7, 11) is 0. The summed E-state index contributed by atoms with van der Waals surface area (Å²) in [6.45, 7) is 0. The Hall–Kier alpha value is -1.02. The Morgan fingerprint density at radius 2 is 2.50 bits per heavy atom. The molecular weight excluding hydrogens is 142 g/mol. The van der Waals surface area contributed by atoms with E-state index in [-0.39, 0.29) is 0 Å². The molecule has 0 fully saturated rings. The van der Waals surface area contributed by atoms with Crippen molar-refractivity contribution in [3.63, 3.8) is 0 Å². The lowest BCUT2D eigenvalue weighted by atomic mass is 10.2. The molecule has 0 aromatic carbocycles. The van der Waals surface area contributed by atoms with Crippen molar-refractivity contribution in [2.24, 2.45) is 0 Å². The summed E-state index contributed by atoms with van der Waals surface area (Å²) in [5.41, 5.74) is 1.27. The van der Waals surface area contributed by atoms with E-state index in [2.05, 4.69) is 23.0 Å². The predicted molar refractivity (Wildman–Crippen MR) is 44.2 cm³/mol. The van der Waals surface area contributed by atoms with Gasteiger partial charge in [-0.05, 0) is 29.2 Å². The van der Waals surface area contributed by atoms with Gasteiger partial charge in [0.25, 0.3) is 0 Å². The highest BCUT2D eigenvalue weighted by Gasteiger charge is 1.97. The zero-order valence-corrected chi connectivity index (χ0v) is 6.11. The lowest BCUT2D eigenvalue weighted by Gasteiger charge is -1.83. The van der Waals surface area contributed by atoms with E-state index in [0.29, 0.717) is 0 Å². The number of nitrogens with one attached hydrogen (secondary N) is 1. The topological polar surface area (TPSA) is 12.0 Å². The molecule has 2 heterocycles. The first-order valence-corrected chi connectivity index (χ1v) is 3.93. The van der Waals surface area contributed by atoms with Crippen LogP contribution in [0.2, 0.25) is 0 Å². The average Bonchev–Trinajstić information content (AvgIpc) is 2.28. The van der Waals surface area contributed by atoms with Gasteiger partial charge in [-0.2, -0.15) is 0 Å². The summed E-state index contributed by atoms with van der Waals surface area (Å²) in [5.74, 6) is 0. The molecule has 0 aliphatic carbocycles. The highest BCUT2D eigenvalue weighted by molar-refractivity contribution is 7.11. The fourth-order valence-corrected chi connectivity index (χ4v) is 1.63. The fourth-order valence-electron chi connectivity index (χ4n) is 0.873. The quantitative estimate of drug-likeness (QED) is 0.594. The molecule has 0 spiro atoms. The van der Waals surface area contributed by atoms with Gasteiger partial charge in [0.15, 0.2) is 0 Å². The summed E-state index contributed by atoms with van der Waals surface area (Å²) in [4.78, 5) is 1.27. The molecule has 1 N–H and O–H groups in total. The zero-order chi connectivity index (χ0) is 6.81. The molecule has 1 nitrogen and oxygen atoms in total. The molecule has 2 rings (SSSR count). The highest BCUT2D eigenvalue weighted by atomic mass is 32.1. The smallest absolute Gasteiger partial charge is 0.0633 e. The molecule has 1 aliphatic heterocycles. The molecule has 10 heavy (non-hydrogen) atoms. The van der Waals surface area contributed by atoms with Gasteiger partial charge < -0.3 is 5.32 Å². The van der Waals surface area contributed by atoms with E-state index in [1.807, 2.05) is 18.4 Å². The van der Waals surface area contributed by atoms with Gasteiger partial charge in [0.2, 0.25) is 0 Å². The van der Waals surface area contributed by atoms with Crippen LogP contribution in [0, 0.1) is 6.20 Å². The molecular formula is C8H6NS. The predicted octanol–water partition coefficient (Wildman–Crippen LogP) is 2.10. The van der Waals surface area contributed by atoms with Crippen LogP contribution in [0.5, 0.6) is 0 Å². The zero-order valence-electron chi connectivity index (χ0n) is 5.29. The second-order valence-corrected chi connectivity index (χ2v) is 2.95. The number of rotatable bonds is 0. The maximum atomic E-state index is 2.94. The number of hydrogen-bond donors (Lipinski definition) is 1. The van der Waals surface area contributed by atoms with Crippen LogP contribution in [0.4, 0.5) is 0 Å². The van der Waals surface area contributed by atoms with Crippen LogP contribution in [0.1, 0.15) is 10.4 Å². The van der Waals surface area contributed by atoms with Crippen LogP contribution >= 0.6 is 11.3 Å². The summed E-state index contributed by atoms with van der Waals surface area (Å²) < 4.78 is 0. The Labute approximate surface area is 63.7 Å². The summed E-state index contributed by atoms with van der Waals surface area (Å²) >= 11 is 1.73. The second-order valence-electron chi connectivity index (χ2n) is 2.01. The summed E-state index contributed by atoms with van der Waals surface area (Å²) in [6, 6.07) is 2.10. The van der Waals surface area contributed by atoms with E-state index in [9.17, 15) is 0 Å². The molecule has 0 saturated carbocycles. The number of thiophene rings is 1. The standard InChI is InChI=1S/C8H6NS/c1-4-9-5-2-8-7(1)3-6-10-8/h1-4,6,9H. The Balaban J connectivity index is 2.56. The third kappa shape index (κ3) is 0.866. The average molecular weight is 148 g/mol. The Morgan fingerprint density at radius 1 is 1.50 bits per heavy atom. The van der Waals surface area contributed by atoms with Crippen molar-refractivity contribution in [3.05, 3.63) is 34.3 Å². The van der Waals surface area contributed by atoms with Gasteiger partial charge in [0, 0.05) is 11.1 Å². The van der Waals surface area contributed by atoms with Crippen molar-refractivity contribution >= 4 is 23.5 Å². The molecule has 0 unspecified atom stereocenters. The third-order valence-electron chi connectivity index (χ3n) is 1.36. The largest absolute Gasteiger partial charge is 0.360 e. The first-order chi connectivity index (χ1) is 4.97. The minimum Gasteiger partial charge on any atom is -0.360 e. The first-order valence-electron chi connectivity index (χ1n) is 3.05. The van der Waals surface area contributed by atoms with Crippen LogP contribution in [0.25, 0.3) is 12.2 Å². The maximum absolute atomic E-state index is 2.94. The van der Waals surface area contributed by atoms with Gasteiger partial charge in [-0.1, -0.05) is 0 Å². The van der Waals surface area contributed by atoms with Crippen molar-refractivity contribution < 1.29 is 0 Å². The third-order valence-corrected chi connectivity index (χ3v) is 2.24. The van der Waals surface area contributed by atoms with E-state index >= 15 is 0 Å². The second kappa shape index (κ2) is 2.31. The maximum Gasteiger partial charge on any atom is 0.0633 e. The van der Waals surface area contributed by atoms with Crippen LogP contribution < -0.4 is 5.32 Å². The Kier molecular flexibility index (Phi) is 1.32. The van der Waals surface area contributed by atoms with Crippen molar-refractivity contribution in [3.8, 4) is 0 Å². The molecule has 1 radical (unpaired) electrons. The molecule has 0 atom stereocenters. The van der Waals surface area contributed by atoms with Crippen LogP contribution in [0.15, 0.2) is 17.6 Å². The van der Waals surface area contributed by atoms with Crippen LogP contribution in [-0.4, -0.2) is 0 Å². The van der Waals surface area contributed by atoms with E-state index in [4.69, 9.17) is 0 Å². The minimum atomic E-state index is 1.27. The van der Waals surface area contributed by atoms with E-state index in [1.54, 1.807) is 11.3 Å². The number of fused-ring (bicyclic) bond motifs is 1. The fraction of sp³-hybridized carbons (Fsp3) is 0. The minimum absolute atomic E-state index is 1.27. The lowest BCUT2D eigenvalue weighted by molar-refractivity contribution is 1.18. The monoisotopic (exact) mass is 148 g/mol. The molecule has 0 amide bonds. The van der Waals surface area contributed by atoms with Gasteiger partial charge in [0.05, 0.1) is 6.20 Å². The van der Waals surface area contributed by atoms with Gasteiger partial charge in [-0.25, -0.2) is 0 Å². The Morgan fingerprint density at radius 3 is 3.50 bits per heavy atom. The Bertz CT molecular complexity index is 257. The van der Waals surface area contributed by atoms with E-state index in [0.717, 1.165) is 0 Å². The SMILES string of the molecule is [C]1=Cc2sccc2C=CN1. The van der Waals surface area contributed by atoms with Gasteiger partial charge in [0.1, 0.15) is 0 Å². The van der Waals surface area contributed by atoms with Crippen molar-refractivity contribution in [2.75, 3.05) is 0 Å². The van der Waals surface area contributed by atoms with E-state index < -0.39 is 0 Å². The molecule has 2 heteroatoms. The summed E-state index contributed by atoms with van der Waals surface area (Å²) in [6.07, 6.45) is 8.82. The molecule has 49 valence electrons. The van der Waals surface area contributed by atoms with E-state index in [1.165, 1.54) is 10.4 Å². The van der Waals surface area contributed by atoms with Gasteiger partial charge in [-0.3, -0.25) is 0 Å². The molecule has 0 saturated heterocycles. The van der Waals surface area contributed by atoms with Crippen molar-refractivity contribution in [1.29, 1.82) is 0 Å². The van der Waals surface area contributed by atoms with Gasteiger partial charge >= 0.3 is 0 Å². The van der Waals surface area contributed by atoms with Crippen LogP contribution in [0.3, 0.4) is 0 Å². The summed E-state index contributed by atoms with van der Waals surface area (Å²) in [5, 5.41) is 4.98. The van der Waals surface area contributed by atoms with Crippen molar-refractivity contribution in [2.45, 2.75) is 0 Å². The van der Waals surface area contributed by atoms with Crippen molar-refractivity contribution in [1.82, 2.24) is 5.32 Å². The van der Waals surface area contributed by atoms with Crippen LogP contribution in [-0.2, 0) is 0 Å². The first kappa shape index (κ1) is 5.74. The number of hydrogen-bond acceptors (Lipinski definition) is 2. The lowest BCUT2D eigenvalue weighted by Crippen LogP contribution is -1.88. The van der Waals surface area contributed by atoms with Gasteiger partial charge in [-0.15, -0.1) is 11.3 Å².